The third kappa shape index (κ3) is 6.27. The van der Waals surface area contributed by atoms with Crippen LogP contribution in [-0.4, -0.2) is 51.1 Å². The summed E-state index contributed by atoms with van der Waals surface area (Å²) in [6.07, 6.45) is 0. The number of nitrogens with zero attached hydrogens (tertiary/aromatic N) is 1. The maximum atomic E-state index is 13.1. The number of hydrogen-bond acceptors (Lipinski definition) is 5. The Labute approximate surface area is 157 Å². The van der Waals surface area contributed by atoms with Crippen molar-refractivity contribution in [1.82, 2.24) is 4.90 Å². The van der Waals surface area contributed by atoms with Crippen LogP contribution in [0.5, 0.6) is 11.5 Å². The van der Waals surface area contributed by atoms with Crippen LogP contribution in [-0.2, 0) is 9.59 Å². The molecule has 0 radical (unpaired) electrons. The summed E-state index contributed by atoms with van der Waals surface area (Å²) in [5, 5.41) is 5.31. The van der Waals surface area contributed by atoms with Crippen molar-refractivity contribution in [2.45, 2.75) is 0 Å². The molecule has 2 aromatic rings. The van der Waals surface area contributed by atoms with E-state index >= 15 is 0 Å². The van der Waals surface area contributed by atoms with Gasteiger partial charge in [0.1, 0.15) is 5.82 Å². The molecule has 7 nitrogen and oxygen atoms in total. The minimum atomic E-state index is -0.435. The second-order valence-corrected chi connectivity index (χ2v) is 5.85. The summed E-state index contributed by atoms with van der Waals surface area (Å²) >= 11 is 0. The third-order valence-corrected chi connectivity index (χ3v) is 3.60. The highest BCUT2D eigenvalue weighted by Crippen LogP contribution is 2.29. The second-order valence-electron chi connectivity index (χ2n) is 5.85. The smallest absolute Gasteiger partial charge is 0.238 e. The van der Waals surface area contributed by atoms with Gasteiger partial charge in [0.05, 0.1) is 27.3 Å². The Morgan fingerprint density at radius 3 is 2.07 bits per heavy atom. The van der Waals surface area contributed by atoms with Gasteiger partial charge in [-0.15, -0.1) is 0 Å². The number of nitrogens with one attached hydrogen (secondary N) is 2. The van der Waals surface area contributed by atoms with Crippen molar-refractivity contribution in [3.05, 3.63) is 48.3 Å². The fraction of sp³-hybridized carbons (Fsp3) is 0.263. The quantitative estimate of drug-likeness (QED) is 0.740. The van der Waals surface area contributed by atoms with Crippen molar-refractivity contribution in [2.24, 2.45) is 0 Å². The van der Waals surface area contributed by atoms with Crippen molar-refractivity contribution in [3.63, 3.8) is 0 Å². The van der Waals surface area contributed by atoms with Crippen LogP contribution in [0.2, 0.25) is 0 Å². The van der Waals surface area contributed by atoms with Gasteiger partial charge in [0, 0.05) is 17.4 Å². The molecule has 0 aliphatic heterocycles. The summed E-state index contributed by atoms with van der Waals surface area (Å²) < 4.78 is 23.5. The molecule has 2 aromatic carbocycles. The van der Waals surface area contributed by atoms with Crippen molar-refractivity contribution in [3.8, 4) is 11.5 Å². The van der Waals surface area contributed by atoms with Crippen LogP contribution in [0.25, 0.3) is 0 Å². The van der Waals surface area contributed by atoms with E-state index in [2.05, 4.69) is 10.6 Å². The summed E-state index contributed by atoms with van der Waals surface area (Å²) in [5.74, 6) is -0.0134. The number of anilines is 2. The first kappa shape index (κ1) is 20.2. The summed E-state index contributed by atoms with van der Waals surface area (Å²) in [6.45, 7) is -0.0131. The predicted octanol–water partition coefficient (Wildman–Crippen LogP) is 2.35. The lowest BCUT2D eigenvalue weighted by Gasteiger charge is -2.16. The van der Waals surface area contributed by atoms with E-state index in [4.69, 9.17) is 9.47 Å². The molecule has 0 atom stereocenters. The van der Waals surface area contributed by atoms with Crippen LogP contribution < -0.4 is 20.1 Å². The lowest BCUT2D eigenvalue weighted by Crippen LogP contribution is -2.36. The molecule has 0 aliphatic carbocycles. The first-order chi connectivity index (χ1) is 12.9. The fourth-order valence-electron chi connectivity index (χ4n) is 2.43. The molecular formula is C19H22FN3O4. The number of hydrogen-bond donors (Lipinski definition) is 2. The van der Waals surface area contributed by atoms with Gasteiger partial charge in [-0.1, -0.05) is 6.07 Å². The number of likely N-dealkylation sites (N-methyl/N-ethyl adjacent to an activating group) is 1. The third-order valence-electron chi connectivity index (χ3n) is 3.60. The van der Waals surface area contributed by atoms with Gasteiger partial charge in [-0.05, 0) is 37.4 Å². The van der Waals surface area contributed by atoms with Crippen LogP contribution in [0.3, 0.4) is 0 Å². The molecule has 2 amide bonds. The summed E-state index contributed by atoms with van der Waals surface area (Å²) in [5.41, 5.74) is 0.915. The van der Waals surface area contributed by atoms with E-state index in [1.165, 1.54) is 32.4 Å². The van der Waals surface area contributed by atoms with E-state index < -0.39 is 5.82 Å². The average molecular weight is 375 g/mol. The van der Waals surface area contributed by atoms with Gasteiger partial charge in [-0.2, -0.15) is 0 Å². The monoisotopic (exact) mass is 375 g/mol. The highest BCUT2D eigenvalue weighted by atomic mass is 19.1. The molecule has 0 spiro atoms. The maximum absolute atomic E-state index is 13.1. The number of halogens is 1. The van der Waals surface area contributed by atoms with Crippen molar-refractivity contribution in [2.75, 3.05) is 45.0 Å². The highest BCUT2D eigenvalue weighted by molar-refractivity contribution is 5.94. The van der Waals surface area contributed by atoms with Gasteiger partial charge in [0.15, 0.2) is 11.5 Å². The lowest BCUT2D eigenvalue weighted by molar-refractivity contribution is -0.119. The number of methoxy groups -OCH3 is 2. The number of rotatable bonds is 8. The first-order valence-electron chi connectivity index (χ1n) is 8.17. The largest absolute Gasteiger partial charge is 0.493 e. The molecule has 0 bridgehead atoms. The molecule has 27 heavy (non-hydrogen) atoms. The van der Waals surface area contributed by atoms with Crippen LogP contribution >= 0.6 is 0 Å². The molecule has 0 unspecified atom stereocenters. The van der Waals surface area contributed by atoms with E-state index in [9.17, 15) is 14.0 Å². The van der Waals surface area contributed by atoms with Gasteiger partial charge in [-0.3, -0.25) is 14.5 Å². The molecule has 8 heteroatoms. The molecule has 2 N–H and O–H groups in total. The van der Waals surface area contributed by atoms with Crippen LogP contribution in [0, 0.1) is 5.82 Å². The van der Waals surface area contributed by atoms with Crippen LogP contribution in [0.4, 0.5) is 15.8 Å². The molecule has 0 aromatic heterocycles. The molecule has 0 saturated carbocycles. The molecule has 0 fully saturated rings. The van der Waals surface area contributed by atoms with E-state index in [0.29, 0.717) is 22.9 Å². The fourth-order valence-corrected chi connectivity index (χ4v) is 2.43. The number of ether oxygens (including phenoxy) is 2. The van der Waals surface area contributed by atoms with Crippen LogP contribution in [0.1, 0.15) is 0 Å². The van der Waals surface area contributed by atoms with Gasteiger partial charge < -0.3 is 20.1 Å². The van der Waals surface area contributed by atoms with Gasteiger partial charge in [0.2, 0.25) is 11.8 Å². The predicted molar refractivity (Wildman–Crippen MR) is 101 cm³/mol. The van der Waals surface area contributed by atoms with E-state index in [1.807, 2.05) is 0 Å². The Morgan fingerprint density at radius 1 is 0.926 bits per heavy atom. The molecular weight excluding hydrogens is 353 g/mol. The summed E-state index contributed by atoms with van der Waals surface area (Å²) in [4.78, 5) is 25.7. The SMILES string of the molecule is COc1ccc(NC(=O)CN(C)CC(=O)Nc2cccc(F)c2)cc1OC. The normalized spacial score (nSPS) is 10.4. The lowest BCUT2D eigenvalue weighted by atomic mass is 10.2. The van der Waals surface area contributed by atoms with Gasteiger partial charge >= 0.3 is 0 Å². The first-order valence-corrected chi connectivity index (χ1v) is 8.17. The van der Waals surface area contributed by atoms with E-state index in [-0.39, 0.29) is 24.9 Å². The Morgan fingerprint density at radius 2 is 1.52 bits per heavy atom. The number of amides is 2. The average Bonchev–Trinajstić information content (AvgIpc) is 2.61. The van der Waals surface area contributed by atoms with Crippen molar-refractivity contribution in [1.29, 1.82) is 0 Å². The second kappa shape index (κ2) is 9.54. The van der Waals surface area contributed by atoms with Gasteiger partial charge in [0.25, 0.3) is 0 Å². The molecule has 144 valence electrons. The topological polar surface area (TPSA) is 79.9 Å². The minimum Gasteiger partial charge on any atom is -0.493 e. The zero-order valence-corrected chi connectivity index (χ0v) is 15.4. The molecule has 0 heterocycles. The van der Waals surface area contributed by atoms with E-state index in [1.54, 1.807) is 36.2 Å². The zero-order chi connectivity index (χ0) is 19.8. The Kier molecular flexibility index (Phi) is 7.13. The van der Waals surface area contributed by atoms with E-state index in [0.717, 1.165) is 0 Å². The Hall–Kier alpha value is -3.13. The molecule has 2 rings (SSSR count). The van der Waals surface area contributed by atoms with Crippen molar-refractivity contribution < 1.29 is 23.5 Å². The number of benzene rings is 2. The Bertz CT molecular complexity index is 813. The van der Waals surface area contributed by atoms with Gasteiger partial charge in [-0.25, -0.2) is 4.39 Å². The summed E-state index contributed by atoms with van der Waals surface area (Å²) in [6, 6.07) is 10.6. The zero-order valence-electron chi connectivity index (χ0n) is 15.4. The van der Waals surface area contributed by atoms with Crippen LogP contribution in [0.15, 0.2) is 42.5 Å². The Balaban J connectivity index is 1.85. The summed E-state index contributed by atoms with van der Waals surface area (Å²) in [7, 11) is 4.67. The molecule has 0 aliphatic rings. The minimum absolute atomic E-state index is 0.00488. The molecule has 0 saturated heterocycles. The van der Waals surface area contributed by atoms with Crippen molar-refractivity contribution >= 4 is 23.2 Å². The number of carbonyl (C=O) groups excluding carboxylic acids is 2. The highest BCUT2D eigenvalue weighted by Gasteiger charge is 2.12. The maximum Gasteiger partial charge on any atom is 0.238 e. The number of carbonyl (C=O) groups is 2. The standard InChI is InChI=1S/C19H22FN3O4/c1-23(11-18(24)21-14-6-4-5-13(20)9-14)12-19(25)22-15-7-8-16(26-2)17(10-15)27-3/h4-10H,11-12H2,1-3H3,(H,21,24)(H,22,25).